The van der Waals surface area contributed by atoms with Crippen molar-refractivity contribution in [2.24, 2.45) is 0 Å². The van der Waals surface area contributed by atoms with E-state index in [-0.39, 0.29) is 5.91 Å². The normalized spacial score (nSPS) is 11.1. The number of nitrogens with zero attached hydrogens (tertiary/aromatic N) is 5. The van der Waals surface area contributed by atoms with E-state index in [0.29, 0.717) is 17.8 Å². The summed E-state index contributed by atoms with van der Waals surface area (Å²) < 4.78 is 3.64. The number of hydrogen-bond acceptors (Lipinski definition) is 4. The van der Waals surface area contributed by atoms with E-state index in [9.17, 15) is 4.79 Å². The number of amides is 1. The Labute approximate surface area is 163 Å². The van der Waals surface area contributed by atoms with Crippen LogP contribution in [0.2, 0.25) is 0 Å². The molecule has 3 aromatic heterocycles. The Morgan fingerprint density at radius 2 is 1.86 bits per heavy atom. The van der Waals surface area contributed by atoms with E-state index in [1.165, 1.54) is 5.56 Å². The third kappa shape index (κ3) is 3.51. The van der Waals surface area contributed by atoms with E-state index >= 15 is 0 Å². The van der Waals surface area contributed by atoms with Gasteiger partial charge in [-0.05, 0) is 32.4 Å². The molecule has 0 aliphatic heterocycles. The lowest BCUT2D eigenvalue weighted by molar-refractivity contribution is 0.0954. The molecule has 0 bridgehead atoms. The first-order valence-corrected chi connectivity index (χ1v) is 9.30. The SMILES string of the molecule is Cc1ccc(-c2ccnc3c(C(=O)NCCCn4nccc4C)cnn23)cc1. The number of hydrogen-bond donors (Lipinski definition) is 1. The van der Waals surface area contributed by atoms with E-state index in [1.54, 1.807) is 23.1 Å². The van der Waals surface area contributed by atoms with Crippen molar-refractivity contribution in [2.45, 2.75) is 26.8 Å². The Bertz CT molecular complexity index is 1110. The van der Waals surface area contributed by atoms with Gasteiger partial charge in [-0.3, -0.25) is 9.48 Å². The first kappa shape index (κ1) is 17.9. The van der Waals surface area contributed by atoms with E-state index in [1.807, 2.05) is 35.9 Å². The fourth-order valence-corrected chi connectivity index (χ4v) is 3.15. The van der Waals surface area contributed by atoms with Gasteiger partial charge in [0, 0.05) is 36.7 Å². The molecule has 1 N–H and O–H groups in total. The predicted octanol–water partition coefficient (Wildman–Crippen LogP) is 3.03. The van der Waals surface area contributed by atoms with Gasteiger partial charge in [-0.1, -0.05) is 29.8 Å². The molecule has 7 heteroatoms. The summed E-state index contributed by atoms with van der Waals surface area (Å²) in [5.74, 6) is -0.166. The van der Waals surface area contributed by atoms with E-state index in [2.05, 4.69) is 39.6 Å². The lowest BCUT2D eigenvalue weighted by Crippen LogP contribution is -2.25. The summed E-state index contributed by atoms with van der Waals surface area (Å²) in [6, 6.07) is 12.1. The molecule has 0 atom stereocenters. The molecule has 0 aliphatic rings. The van der Waals surface area contributed by atoms with Crippen molar-refractivity contribution in [3.63, 3.8) is 0 Å². The molecule has 1 aromatic carbocycles. The summed E-state index contributed by atoms with van der Waals surface area (Å²) in [6.07, 6.45) is 5.87. The molecule has 4 aromatic rings. The highest BCUT2D eigenvalue weighted by Gasteiger charge is 2.15. The van der Waals surface area contributed by atoms with Crippen LogP contribution in [0.1, 0.15) is 28.0 Å². The average molecular weight is 374 g/mol. The zero-order valence-corrected chi connectivity index (χ0v) is 16.0. The summed E-state index contributed by atoms with van der Waals surface area (Å²) in [4.78, 5) is 17.0. The largest absolute Gasteiger partial charge is 0.352 e. The summed E-state index contributed by atoms with van der Waals surface area (Å²) in [5.41, 5.74) is 5.27. The predicted molar refractivity (Wildman–Crippen MR) is 107 cm³/mol. The van der Waals surface area contributed by atoms with Gasteiger partial charge in [0.15, 0.2) is 5.65 Å². The molecule has 0 saturated heterocycles. The first-order chi connectivity index (χ1) is 13.6. The molecule has 7 nitrogen and oxygen atoms in total. The standard InChI is InChI=1S/C21H22N6O/c1-15-4-6-17(7-5-15)19-9-11-22-20-18(14-25-27(19)20)21(28)23-10-3-13-26-16(2)8-12-24-26/h4-9,11-12,14H,3,10,13H2,1-2H3,(H,23,28). The molecule has 0 aliphatic carbocycles. The highest BCUT2D eigenvalue weighted by molar-refractivity contribution is 5.99. The van der Waals surface area contributed by atoms with Crippen LogP contribution in [0.15, 0.2) is 55.0 Å². The van der Waals surface area contributed by atoms with E-state index < -0.39 is 0 Å². The second kappa shape index (κ2) is 7.64. The molecule has 142 valence electrons. The Balaban J connectivity index is 1.48. The Morgan fingerprint density at radius 1 is 1.04 bits per heavy atom. The third-order valence-corrected chi connectivity index (χ3v) is 4.75. The van der Waals surface area contributed by atoms with Crippen LogP contribution in [0.4, 0.5) is 0 Å². The lowest BCUT2D eigenvalue weighted by Gasteiger charge is -2.07. The lowest BCUT2D eigenvalue weighted by atomic mass is 10.1. The maximum atomic E-state index is 12.6. The van der Waals surface area contributed by atoms with E-state index in [4.69, 9.17) is 0 Å². The zero-order valence-electron chi connectivity index (χ0n) is 16.0. The zero-order chi connectivity index (χ0) is 19.5. The Kier molecular flexibility index (Phi) is 4.89. The average Bonchev–Trinajstić information content (AvgIpc) is 3.32. The number of nitrogens with one attached hydrogen (secondary N) is 1. The number of rotatable bonds is 6. The molecule has 0 radical (unpaired) electrons. The van der Waals surface area contributed by atoms with Crippen LogP contribution in [0.5, 0.6) is 0 Å². The van der Waals surface area contributed by atoms with Gasteiger partial charge >= 0.3 is 0 Å². The van der Waals surface area contributed by atoms with Crippen molar-refractivity contribution in [2.75, 3.05) is 6.54 Å². The number of aryl methyl sites for hydroxylation is 3. The maximum Gasteiger partial charge on any atom is 0.256 e. The minimum atomic E-state index is -0.166. The summed E-state index contributed by atoms with van der Waals surface area (Å²) in [7, 11) is 0. The second-order valence-electron chi connectivity index (χ2n) is 6.79. The summed E-state index contributed by atoms with van der Waals surface area (Å²) >= 11 is 0. The minimum Gasteiger partial charge on any atom is -0.352 e. The fraction of sp³-hybridized carbons (Fsp3) is 0.238. The van der Waals surface area contributed by atoms with Crippen molar-refractivity contribution >= 4 is 11.6 Å². The van der Waals surface area contributed by atoms with Gasteiger partial charge in [0.25, 0.3) is 5.91 Å². The van der Waals surface area contributed by atoms with Crippen molar-refractivity contribution in [1.29, 1.82) is 0 Å². The topological polar surface area (TPSA) is 77.1 Å². The first-order valence-electron chi connectivity index (χ1n) is 9.30. The van der Waals surface area contributed by atoms with Crippen molar-refractivity contribution in [3.8, 4) is 11.3 Å². The molecule has 0 saturated carbocycles. The van der Waals surface area contributed by atoms with Crippen LogP contribution >= 0.6 is 0 Å². The van der Waals surface area contributed by atoms with Gasteiger partial charge in [0.1, 0.15) is 5.56 Å². The van der Waals surface area contributed by atoms with Crippen molar-refractivity contribution < 1.29 is 4.79 Å². The van der Waals surface area contributed by atoms with Gasteiger partial charge < -0.3 is 5.32 Å². The van der Waals surface area contributed by atoms with Crippen LogP contribution in [0, 0.1) is 13.8 Å². The maximum absolute atomic E-state index is 12.6. The number of aromatic nitrogens is 5. The molecule has 1 amide bonds. The second-order valence-corrected chi connectivity index (χ2v) is 6.79. The quantitative estimate of drug-likeness (QED) is 0.526. The molecule has 3 heterocycles. The van der Waals surface area contributed by atoms with Gasteiger partial charge in [-0.2, -0.15) is 10.2 Å². The molecular formula is C21H22N6O. The van der Waals surface area contributed by atoms with Crippen LogP contribution in [0.3, 0.4) is 0 Å². The fourth-order valence-electron chi connectivity index (χ4n) is 3.15. The van der Waals surface area contributed by atoms with Gasteiger partial charge in [0.2, 0.25) is 0 Å². The molecule has 0 unspecified atom stereocenters. The summed E-state index contributed by atoms with van der Waals surface area (Å²) in [5, 5.41) is 11.6. The smallest absolute Gasteiger partial charge is 0.256 e. The van der Waals surface area contributed by atoms with E-state index in [0.717, 1.165) is 29.9 Å². The highest BCUT2D eigenvalue weighted by atomic mass is 16.1. The number of fused-ring (bicyclic) bond motifs is 1. The van der Waals surface area contributed by atoms with Gasteiger partial charge in [-0.25, -0.2) is 9.50 Å². The Morgan fingerprint density at radius 3 is 2.61 bits per heavy atom. The minimum absolute atomic E-state index is 0.166. The van der Waals surface area contributed by atoms with Crippen LogP contribution < -0.4 is 5.32 Å². The third-order valence-electron chi connectivity index (χ3n) is 4.75. The number of carbonyl (C=O) groups is 1. The molecular weight excluding hydrogens is 352 g/mol. The molecule has 0 spiro atoms. The highest BCUT2D eigenvalue weighted by Crippen LogP contribution is 2.21. The monoisotopic (exact) mass is 374 g/mol. The Hall–Kier alpha value is -3.48. The van der Waals surface area contributed by atoms with Crippen molar-refractivity contribution in [3.05, 3.63) is 71.8 Å². The van der Waals surface area contributed by atoms with Gasteiger partial charge in [-0.15, -0.1) is 0 Å². The molecule has 4 rings (SSSR count). The number of carbonyl (C=O) groups excluding carboxylic acids is 1. The summed E-state index contributed by atoms with van der Waals surface area (Å²) in [6.45, 7) is 5.40. The van der Waals surface area contributed by atoms with Crippen LogP contribution in [-0.4, -0.2) is 36.8 Å². The number of benzene rings is 1. The molecule has 0 fully saturated rings. The van der Waals surface area contributed by atoms with Crippen LogP contribution in [0.25, 0.3) is 16.9 Å². The van der Waals surface area contributed by atoms with Crippen LogP contribution in [-0.2, 0) is 6.54 Å². The van der Waals surface area contributed by atoms with Gasteiger partial charge in [0.05, 0.1) is 11.9 Å². The van der Waals surface area contributed by atoms with Crippen molar-refractivity contribution in [1.82, 2.24) is 29.7 Å². The molecule has 28 heavy (non-hydrogen) atoms.